The third-order valence-electron chi connectivity index (χ3n) is 5.31. The van der Waals surface area contributed by atoms with E-state index in [0.717, 1.165) is 16.9 Å². The Kier molecular flexibility index (Phi) is 7.29. The number of ether oxygens (including phenoxy) is 1. The van der Waals surface area contributed by atoms with Gasteiger partial charge in [0.25, 0.3) is 21.6 Å². The number of nitro groups is 1. The molecule has 0 radical (unpaired) electrons. The number of rotatable bonds is 8. The molecular formula is C24H22N4O6S2. The number of hydrogen-bond acceptors (Lipinski definition) is 7. The van der Waals surface area contributed by atoms with Crippen LogP contribution >= 0.6 is 11.3 Å². The van der Waals surface area contributed by atoms with Gasteiger partial charge in [0.05, 0.1) is 26.6 Å². The number of carbonyl (C=O) groups is 1. The number of nitrogens with one attached hydrogen (secondary N) is 1. The van der Waals surface area contributed by atoms with E-state index >= 15 is 0 Å². The molecule has 12 heteroatoms. The Balaban J connectivity index is 1.61. The first-order valence-corrected chi connectivity index (χ1v) is 13.0. The monoisotopic (exact) mass is 526 g/mol. The van der Waals surface area contributed by atoms with Crippen LogP contribution in [0.15, 0.2) is 76.6 Å². The van der Waals surface area contributed by atoms with Crippen molar-refractivity contribution in [1.29, 1.82) is 0 Å². The van der Waals surface area contributed by atoms with Crippen LogP contribution in [0.3, 0.4) is 0 Å². The lowest BCUT2D eigenvalue weighted by Gasteiger charge is -2.08. The molecule has 186 valence electrons. The van der Waals surface area contributed by atoms with Crippen molar-refractivity contribution in [3.05, 3.63) is 92.8 Å². The Labute approximate surface area is 210 Å². The highest BCUT2D eigenvalue weighted by molar-refractivity contribution is 7.92. The lowest BCUT2D eigenvalue weighted by molar-refractivity contribution is -0.384. The third kappa shape index (κ3) is 5.51. The Morgan fingerprint density at radius 3 is 2.44 bits per heavy atom. The maximum Gasteiger partial charge on any atom is 0.279 e. The number of thiazole rings is 1. The first kappa shape index (κ1) is 25.2. The predicted octanol–water partition coefficient (Wildman–Crippen LogP) is 4.11. The average Bonchev–Trinajstić information content (AvgIpc) is 3.19. The van der Waals surface area contributed by atoms with E-state index in [9.17, 15) is 23.3 Å². The summed E-state index contributed by atoms with van der Waals surface area (Å²) in [7, 11) is -2.22. The third-order valence-corrected chi connectivity index (χ3v) is 7.75. The number of sulfonamides is 1. The number of anilines is 1. The van der Waals surface area contributed by atoms with E-state index in [1.54, 1.807) is 29.9 Å². The van der Waals surface area contributed by atoms with Crippen molar-refractivity contribution in [2.75, 3.05) is 18.4 Å². The van der Waals surface area contributed by atoms with Gasteiger partial charge in [0.1, 0.15) is 0 Å². The molecule has 0 atom stereocenters. The molecule has 0 fully saturated rings. The Morgan fingerprint density at radius 1 is 1.11 bits per heavy atom. The number of carbonyl (C=O) groups excluding carboxylic acids is 1. The van der Waals surface area contributed by atoms with Crippen molar-refractivity contribution in [3.63, 3.8) is 0 Å². The van der Waals surface area contributed by atoms with E-state index in [0.29, 0.717) is 33.9 Å². The van der Waals surface area contributed by atoms with E-state index < -0.39 is 20.9 Å². The highest BCUT2D eigenvalue weighted by Crippen LogP contribution is 2.23. The molecule has 0 aliphatic rings. The number of fused-ring (bicyclic) bond motifs is 1. The molecule has 4 rings (SSSR count). The molecule has 0 saturated heterocycles. The Hall–Kier alpha value is -3.87. The van der Waals surface area contributed by atoms with Gasteiger partial charge in [-0.3, -0.25) is 19.6 Å². The molecule has 0 bridgehead atoms. The Morgan fingerprint density at radius 2 is 1.81 bits per heavy atom. The van der Waals surface area contributed by atoms with Crippen LogP contribution in [-0.2, 0) is 21.3 Å². The molecule has 0 saturated carbocycles. The summed E-state index contributed by atoms with van der Waals surface area (Å²) < 4.78 is 35.2. The van der Waals surface area contributed by atoms with Gasteiger partial charge in [-0.2, -0.15) is 4.99 Å². The SMILES string of the molecule is COCCn1c(=NC(=O)c2ccc(NS(=O)(=O)c3ccc(C)cc3)cc2)sc2cc([N+](=O)[O-])ccc21. The summed E-state index contributed by atoms with van der Waals surface area (Å²) in [4.78, 5) is 28.3. The number of aryl methyl sites for hydroxylation is 1. The zero-order valence-corrected chi connectivity index (χ0v) is 21.0. The maximum absolute atomic E-state index is 12.9. The summed E-state index contributed by atoms with van der Waals surface area (Å²) in [6.45, 7) is 2.63. The topological polar surface area (TPSA) is 133 Å². The van der Waals surface area contributed by atoms with E-state index in [4.69, 9.17) is 4.74 Å². The van der Waals surface area contributed by atoms with Gasteiger partial charge in [-0.15, -0.1) is 0 Å². The van der Waals surface area contributed by atoms with Crippen molar-refractivity contribution in [2.24, 2.45) is 4.99 Å². The zero-order valence-electron chi connectivity index (χ0n) is 19.4. The van der Waals surface area contributed by atoms with Gasteiger partial charge in [0, 0.05) is 37.0 Å². The lowest BCUT2D eigenvalue weighted by atomic mass is 10.2. The predicted molar refractivity (Wildman–Crippen MR) is 137 cm³/mol. The number of nitro benzene ring substituents is 1. The van der Waals surface area contributed by atoms with E-state index in [-0.39, 0.29) is 16.1 Å². The zero-order chi connectivity index (χ0) is 25.9. The highest BCUT2D eigenvalue weighted by atomic mass is 32.2. The van der Waals surface area contributed by atoms with Gasteiger partial charge in [-0.1, -0.05) is 29.0 Å². The van der Waals surface area contributed by atoms with Crippen LogP contribution in [0, 0.1) is 17.0 Å². The summed E-state index contributed by atoms with van der Waals surface area (Å²) in [5.74, 6) is -0.532. The number of non-ortho nitro benzene ring substituents is 1. The molecular weight excluding hydrogens is 504 g/mol. The van der Waals surface area contributed by atoms with Crippen LogP contribution in [0.25, 0.3) is 10.2 Å². The van der Waals surface area contributed by atoms with E-state index in [1.165, 1.54) is 48.5 Å². The van der Waals surface area contributed by atoms with Crippen LogP contribution in [-0.4, -0.2) is 37.5 Å². The second kappa shape index (κ2) is 10.4. The minimum absolute atomic E-state index is 0.0517. The fourth-order valence-corrected chi connectivity index (χ4v) is 5.57. The largest absolute Gasteiger partial charge is 0.383 e. The number of amides is 1. The Bertz CT molecular complexity index is 1610. The number of aromatic nitrogens is 1. The number of methoxy groups -OCH3 is 1. The maximum atomic E-state index is 12.9. The quantitative estimate of drug-likeness (QED) is 0.271. The van der Waals surface area contributed by atoms with E-state index in [2.05, 4.69) is 9.71 Å². The molecule has 0 aliphatic carbocycles. The molecule has 4 aromatic rings. The van der Waals surface area contributed by atoms with Gasteiger partial charge in [-0.25, -0.2) is 8.42 Å². The minimum Gasteiger partial charge on any atom is -0.383 e. The second-order valence-electron chi connectivity index (χ2n) is 7.85. The van der Waals surface area contributed by atoms with Gasteiger partial charge in [-0.05, 0) is 49.4 Å². The molecule has 0 unspecified atom stereocenters. The average molecular weight is 527 g/mol. The number of benzene rings is 3. The normalized spacial score (nSPS) is 12.1. The first-order chi connectivity index (χ1) is 17.2. The molecule has 0 aliphatic heterocycles. The van der Waals surface area contributed by atoms with Crippen molar-refractivity contribution < 1.29 is 22.9 Å². The van der Waals surface area contributed by atoms with Crippen LogP contribution in [0.2, 0.25) is 0 Å². The van der Waals surface area contributed by atoms with Crippen LogP contribution in [0.4, 0.5) is 11.4 Å². The van der Waals surface area contributed by atoms with Crippen molar-refractivity contribution in [1.82, 2.24) is 4.57 Å². The van der Waals surface area contributed by atoms with Gasteiger partial charge in [0.2, 0.25) is 0 Å². The van der Waals surface area contributed by atoms with Crippen LogP contribution < -0.4 is 9.52 Å². The smallest absolute Gasteiger partial charge is 0.279 e. The summed E-state index contributed by atoms with van der Waals surface area (Å²) in [5, 5.41) is 11.1. The lowest BCUT2D eigenvalue weighted by Crippen LogP contribution is -2.19. The molecule has 1 amide bonds. The van der Waals surface area contributed by atoms with Gasteiger partial charge < -0.3 is 9.30 Å². The van der Waals surface area contributed by atoms with Crippen molar-refractivity contribution in [3.8, 4) is 0 Å². The second-order valence-corrected chi connectivity index (χ2v) is 10.5. The molecule has 1 aromatic heterocycles. The standard InChI is InChI=1S/C24H22N4O6S2/c1-16-3-10-20(11-4-16)36(32,33)26-18-7-5-17(6-8-18)23(29)25-24-27(13-14-34-2)21-12-9-19(28(30)31)15-22(21)35-24/h3-12,15,26H,13-14H2,1-2H3. The molecule has 1 heterocycles. The van der Waals surface area contributed by atoms with Crippen LogP contribution in [0.5, 0.6) is 0 Å². The molecule has 36 heavy (non-hydrogen) atoms. The van der Waals surface area contributed by atoms with Crippen molar-refractivity contribution in [2.45, 2.75) is 18.4 Å². The van der Waals surface area contributed by atoms with Gasteiger partial charge in [0.15, 0.2) is 4.80 Å². The summed E-state index contributed by atoms with van der Waals surface area (Å²) in [6.07, 6.45) is 0. The van der Waals surface area contributed by atoms with E-state index in [1.807, 2.05) is 6.92 Å². The summed E-state index contributed by atoms with van der Waals surface area (Å²) >= 11 is 1.16. The fraction of sp³-hybridized carbons (Fsp3) is 0.167. The van der Waals surface area contributed by atoms with Gasteiger partial charge >= 0.3 is 0 Å². The minimum atomic E-state index is -3.77. The first-order valence-electron chi connectivity index (χ1n) is 10.7. The van der Waals surface area contributed by atoms with Crippen LogP contribution in [0.1, 0.15) is 15.9 Å². The number of hydrogen-bond donors (Lipinski definition) is 1. The molecule has 1 N–H and O–H groups in total. The summed E-state index contributed by atoms with van der Waals surface area (Å²) in [6, 6.07) is 16.9. The number of nitrogens with zero attached hydrogens (tertiary/aromatic N) is 3. The van der Waals surface area contributed by atoms with Crippen molar-refractivity contribution >= 4 is 48.9 Å². The highest BCUT2D eigenvalue weighted by Gasteiger charge is 2.15. The summed E-state index contributed by atoms with van der Waals surface area (Å²) in [5.41, 5.74) is 2.16. The molecule has 3 aromatic carbocycles. The molecule has 0 spiro atoms. The molecule has 10 nitrogen and oxygen atoms in total. The fourth-order valence-electron chi connectivity index (χ4n) is 3.42.